The van der Waals surface area contributed by atoms with Crippen LogP contribution < -0.4 is 30.2 Å². The number of hydrogen-bond donors (Lipinski definition) is 3. The van der Waals surface area contributed by atoms with E-state index in [1.165, 1.54) is 25.2 Å². The van der Waals surface area contributed by atoms with Crippen molar-refractivity contribution >= 4 is 18.3 Å². The van der Waals surface area contributed by atoms with Crippen LogP contribution in [0.4, 0.5) is 14.4 Å². The summed E-state index contributed by atoms with van der Waals surface area (Å²) in [6.45, 7) is 3.75. The minimum atomic E-state index is -0.746. The maximum atomic E-state index is 12.3. The number of carbonyl (C=O) groups excluding carboxylic acids is 3. The van der Waals surface area contributed by atoms with Crippen molar-refractivity contribution in [2.24, 2.45) is 0 Å². The largest absolute Gasteiger partial charge is 0.413 e. The van der Waals surface area contributed by atoms with E-state index in [9.17, 15) is 14.4 Å². The first-order chi connectivity index (χ1) is 15.5. The van der Waals surface area contributed by atoms with Gasteiger partial charge in [-0.15, -0.1) is 0 Å². The van der Waals surface area contributed by atoms with Gasteiger partial charge < -0.3 is 30.2 Å². The van der Waals surface area contributed by atoms with Gasteiger partial charge in [0, 0.05) is 31.8 Å². The molecule has 3 N–H and O–H groups in total. The average Bonchev–Trinajstić information content (AvgIpc) is 2.72. The van der Waals surface area contributed by atoms with Gasteiger partial charge in [-0.2, -0.15) is 0 Å². The first kappa shape index (κ1) is 24.0. The average molecular weight is 439 g/mol. The van der Waals surface area contributed by atoms with Crippen molar-refractivity contribution in [2.75, 3.05) is 13.6 Å². The van der Waals surface area contributed by atoms with E-state index in [4.69, 9.17) is 14.2 Å². The number of rotatable bonds is 7. The van der Waals surface area contributed by atoms with Gasteiger partial charge in [-0.3, -0.25) is 0 Å². The molecule has 2 rings (SSSR count). The molecule has 1 atom stereocenters. The fraction of sp³-hybridized carbons (Fsp3) is 0.174. The summed E-state index contributed by atoms with van der Waals surface area (Å²) in [5.74, 6) is 0.0344. The fourth-order valence-corrected chi connectivity index (χ4v) is 2.41. The topological polar surface area (TPSA) is 115 Å². The van der Waals surface area contributed by atoms with Crippen LogP contribution in [0.5, 0.6) is 17.2 Å². The van der Waals surface area contributed by atoms with E-state index in [1.807, 2.05) is 30.4 Å². The van der Waals surface area contributed by atoms with Gasteiger partial charge in [-0.1, -0.05) is 61.3 Å². The van der Waals surface area contributed by atoms with Crippen molar-refractivity contribution in [2.45, 2.75) is 12.5 Å². The highest BCUT2D eigenvalue weighted by molar-refractivity contribution is 5.74. The van der Waals surface area contributed by atoms with Crippen LogP contribution >= 0.6 is 0 Å². The summed E-state index contributed by atoms with van der Waals surface area (Å²) >= 11 is 0. The predicted octanol–water partition coefficient (Wildman–Crippen LogP) is 3.76. The molecule has 1 unspecified atom stereocenters. The zero-order valence-corrected chi connectivity index (χ0v) is 17.6. The molecule has 1 aliphatic rings. The molecule has 168 valence electrons. The van der Waals surface area contributed by atoms with E-state index in [-0.39, 0.29) is 29.8 Å². The van der Waals surface area contributed by atoms with Crippen LogP contribution in [0.15, 0.2) is 79.5 Å². The van der Waals surface area contributed by atoms with E-state index < -0.39 is 18.3 Å². The zero-order chi connectivity index (χ0) is 23.2. The molecule has 0 heterocycles. The molecule has 1 aromatic carbocycles. The molecule has 0 aromatic heterocycles. The third-order valence-electron chi connectivity index (χ3n) is 3.79. The molecule has 0 spiro atoms. The Morgan fingerprint density at radius 3 is 2.28 bits per heavy atom. The molecular formula is C23H25N3O6. The molecule has 1 aliphatic carbocycles. The van der Waals surface area contributed by atoms with E-state index in [1.54, 1.807) is 24.3 Å². The number of hydrogen-bond acceptors (Lipinski definition) is 6. The Balaban J connectivity index is 2.10. The van der Waals surface area contributed by atoms with Crippen LogP contribution in [0.1, 0.15) is 6.42 Å². The lowest BCUT2D eigenvalue weighted by Crippen LogP contribution is -2.34. The molecule has 0 bridgehead atoms. The third-order valence-corrected chi connectivity index (χ3v) is 3.79. The van der Waals surface area contributed by atoms with Gasteiger partial charge in [0.15, 0.2) is 0 Å². The predicted molar refractivity (Wildman–Crippen MR) is 120 cm³/mol. The molecule has 9 nitrogen and oxygen atoms in total. The molecule has 0 aliphatic heterocycles. The fourth-order valence-electron chi connectivity index (χ4n) is 2.41. The quantitative estimate of drug-likeness (QED) is 0.440. The van der Waals surface area contributed by atoms with Crippen molar-refractivity contribution in [3.05, 3.63) is 79.5 Å². The van der Waals surface area contributed by atoms with Crippen molar-refractivity contribution in [3.8, 4) is 17.2 Å². The minimum Gasteiger partial charge on any atom is -0.410 e. The number of nitrogens with one attached hydrogen (secondary N) is 3. The number of allylic oxidation sites excluding steroid dienone is 6. The van der Waals surface area contributed by atoms with Gasteiger partial charge in [0.25, 0.3) is 0 Å². The molecule has 9 heteroatoms. The maximum absolute atomic E-state index is 12.3. The smallest absolute Gasteiger partial charge is 0.410 e. The molecule has 0 radical (unpaired) electrons. The summed E-state index contributed by atoms with van der Waals surface area (Å²) in [7, 11) is 1.39. The van der Waals surface area contributed by atoms with Crippen LogP contribution in [0.2, 0.25) is 0 Å². The number of ether oxygens (including phenoxy) is 3. The first-order valence-corrected chi connectivity index (χ1v) is 9.76. The molecule has 0 saturated carbocycles. The molecular weight excluding hydrogens is 414 g/mol. The van der Waals surface area contributed by atoms with Crippen LogP contribution in [-0.2, 0) is 0 Å². The summed E-state index contributed by atoms with van der Waals surface area (Å²) in [5, 5.41) is 7.49. The highest BCUT2D eigenvalue weighted by atomic mass is 16.6. The van der Waals surface area contributed by atoms with Gasteiger partial charge in [0.05, 0.1) is 6.04 Å². The second kappa shape index (κ2) is 13.1. The highest BCUT2D eigenvalue weighted by Gasteiger charge is 2.14. The van der Waals surface area contributed by atoms with Gasteiger partial charge >= 0.3 is 18.3 Å². The van der Waals surface area contributed by atoms with E-state index >= 15 is 0 Å². The Morgan fingerprint density at radius 2 is 1.62 bits per heavy atom. The Hall–Kier alpha value is -4.27. The summed E-state index contributed by atoms with van der Waals surface area (Å²) in [6, 6.07) is 3.59. The Kier molecular flexibility index (Phi) is 9.84. The van der Waals surface area contributed by atoms with Crippen molar-refractivity contribution in [3.63, 3.8) is 0 Å². The van der Waals surface area contributed by atoms with Crippen LogP contribution in [0.25, 0.3) is 0 Å². The van der Waals surface area contributed by atoms with Crippen LogP contribution in [0, 0.1) is 0 Å². The number of carbonyl (C=O) groups is 3. The second-order valence-corrected chi connectivity index (χ2v) is 6.25. The van der Waals surface area contributed by atoms with Crippen LogP contribution in [-0.4, -0.2) is 37.9 Å². The summed E-state index contributed by atoms with van der Waals surface area (Å²) < 4.78 is 15.6. The van der Waals surface area contributed by atoms with Crippen molar-refractivity contribution in [1.82, 2.24) is 16.0 Å². The molecule has 1 aromatic rings. The standard InChI is InChI=1S/C23H25N3O6/c1-3-4-10-13-25-22(28)31-19-14-18(30-21(27)24-2)15-20(16-19)32-23(29)26-17-11-8-6-5-7-9-12-17/h3-6,8-12,14-17H,1,7,13H2,2H3,(H,24,27)(H,25,28)(H,26,29)/b6-5-,10-4-,11-8-,12-9-. The molecule has 32 heavy (non-hydrogen) atoms. The monoisotopic (exact) mass is 439 g/mol. The normalized spacial score (nSPS) is 17.7. The Labute approximate surface area is 186 Å². The summed E-state index contributed by atoms with van der Waals surface area (Å²) in [5.41, 5.74) is 0. The first-order valence-electron chi connectivity index (χ1n) is 9.76. The summed E-state index contributed by atoms with van der Waals surface area (Å²) in [4.78, 5) is 35.9. The summed E-state index contributed by atoms with van der Waals surface area (Å²) in [6.07, 6.45) is 14.6. The highest BCUT2D eigenvalue weighted by Crippen LogP contribution is 2.28. The SMILES string of the molecule is C=C/C=C\CNC(=O)Oc1cc(OC(=O)NC)cc(OC(=O)NC2/C=C\C=C/C/C=C\2)c1. The zero-order valence-electron chi connectivity index (χ0n) is 17.6. The number of amides is 3. The van der Waals surface area contributed by atoms with Crippen molar-refractivity contribution in [1.29, 1.82) is 0 Å². The van der Waals surface area contributed by atoms with Gasteiger partial charge in [-0.05, 0) is 6.42 Å². The molecule has 0 saturated heterocycles. The van der Waals surface area contributed by atoms with E-state index in [0.29, 0.717) is 0 Å². The van der Waals surface area contributed by atoms with Crippen LogP contribution in [0.3, 0.4) is 0 Å². The molecule has 3 amide bonds. The third kappa shape index (κ3) is 9.04. The molecule has 0 fully saturated rings. The van der Waals surface area contributed by atoms with E-state index in [0.717, 1.165) is 6.42 Å². The lowest BCUT2D eigenvalue weighted by Gasteiger charge is -2.14. The lowest BCUT2D eigenvalue weighted by atomic mass is 10.2. The Bertz CT molecular complexity index is 949. The number of benzene rings is 1. The minimum absolute atomic E-state index is 0.00952. The van der Waals surface area contributed by atoms with E-state index in [2.05, 4.69) is 22.5 Å². The van der Waals surface area contributed by atoms with Gasteiger partial charge in [-0.25, -0.2) is 14.4 Å². The maximum Gasteiger partial charge on any atom is 0.413 e. The van der Waals surface area contributed by atoms with Crippen molar-refractivity contribution < 1.29 is 28.6 Å². The second-order valence-electron chi connectivity index (χ2n) is 6.25. The Morgan fingerprint density at radius 1 is 0.969 bits per heavy atom. The lowest BCUT2D eigenvalue weighted by molar-refractivity contribution is 0.197. The van der Waals surface area contributed by atoms with Gasteiger partial charge in [0.2, 0.25) is 0 Å². The van der Waals surface area contributed by atoms with Gasteiger partial charge in [0.1, 0.15) is 17.2 Å².